The highest BCUT2D eigenvalue weighted by Gasteiger charge is 2.17. The van der Waals surface area contributed by atoms with Gasteiger partial charge in [-0.25, -0.2) is 8.78 Å². The third-order valence-electron chi connectivity index (χ3n) is 3.82. The molecular formula is C15H20F2N2O. The monoisotopic (exact) mass is 282 g/mol. The number of halogens is 2. The molecule has 1 aliphatic rings. The molecule has 1 aromatic carbocycles. The van der Waals surface area contributed by atoms with E-state index in [9.17, 15) is 13.6 Å². The van der Waals surface area contributed by atoms with E-state index in [1.165, 1.54) is 6.07 Å². The van der Waals surface area contributed by atoms with Gasteiger partial charge >= 0.3 is 0 Å². The summed E-state index contributed by atoms with van der Waals surface area (Å²) in [4.78, 5) is 14.1. The summed E-state index contributed by atoms with van der Waals surface area (Å²) in [7, 11) is 2.10. The molecule has 1 saturated heterocycles. The van der Waals surface area contributed by atoms with Crippen molar-refractivity contribution < 1.29 is 13.6 Å². The number of hydrogen-bond acceptors (Lipinski definition) is 2. The maximum absolute atomic E-state index is 13.4. The lowest BCUT2D eigenvalue weighted by molar-refractivity contribution is -0.116. The number of rotatable bonds is 4. The van der Waals surface area contributed by atoms with Gasteiger partial charge in [-0.05, 0) is 57.5 Å². The molecule has 1 amide bonds. The van der Waals surface area contributed by atoms with Gasteiger partial charge in [0.05, 0.1) is 5.69 Å². The largest absolute Gasteiger partial charge is 0.324 e. The number of amides is 1. The third-order valence-corrected chi connectivity index (χ3v) is 3.82. The Bertz CT molecular complexity index is 471. The van der Waals surface area contributed by atoms with E-state index < -0.39 is 11.6 Å². The maximum Gasteiger partial charge on any atom is 0.224 e. The van der Waals surface area contributed by atoms with E-state index in [0.717, 1.165) is 44.5 Å². The second kappa shape index (κ2) is 6.79. The number of nitrogens with one attached hydrogen (secondary N) is 1. The normalized spacial score (nSPS) is 17.1. The quantitative estimate of drug-likeness (QED) is 0.920. The van der Waals surface area contributed by atoms with Gasteiger partial charge in [0.1, 0.15) is 11.6 Å². The van der Waals surface area contributed by atoms with E-state index in [0.29, 0.717) is 12.3 Å². The molecule has 1 aromatic rings. The summed E-state index contributed by atoms with van der Waals surface area (Å²) < 4.78 is 26.1. The molecule has 0 unspecified atom stereocenters. The summed E-state index contributed by atoms with van der Waals surface area (Å²) in [6.45, 7) is 2.14. The SMILES string of the molecule is CN1CCC(CCC(=O)Nc2ccc(F)cc2F)CC1. The summed E-state index contributed by atoms with van der Waals surface area (Å²) in [5.74, 6) is -1.03. The van der Waals surface area contributed by atoms with Crippen molar-refractivity contribution in [3.05, 3.63) is 29.8 Å². The van der Waals surface area contributed by atoms with Crippen LogP contribution in [-0.2, 0) is 4.79 Å². The Labute approximate surface area is 118 Å². The molecule has 0 atom stereocenters. The van der Waals surface area contributed by atoms with Crippen LogP contribution in [0, 0.1) is 17.6 Å². The van der Waals surface area contributed by atoms with Gasteiger partial charge in [-0.1, -0.05) is 0 Å². The van der Waals surface area contributed by atoms with Crippen LogP contribution in [0.4, 0.5) is 14.5 Å². The van der Waals surface area contributed by atoms with Gasteiger partial charge in [-0.2, -0.15) is 0 Å². The maximum atomic E-state index is 13.4. The average molecular weight is 282 g/mol. The molecule has 1 fully saturated rings. The molecule has 3 nitrogen and oxygen atoms in total. The van der Waals surface area contributed by atoms with Crippen molar-refractivity contribution in [3.8, 4) is 0 Å². The first-order valence-corrected chi connectivity index (χ1v) is 6.98. The molecule has 0 radical (unpaired) electrons. The number of piperidine rings is 1. The molecule has 0 aromatic heterocycles. The molecule has 110 valence electrons. The van der Waals surface area contributed by atoms with Crippen LogP contribution in [0.1, 0.15) is 25.7 Å². The topological polar surface area (TPSA) is 32.3 Å². The van der Waals surface area contributed by atoms with Crippen LogP contribution in [0.25, 0.3) is 0 Å². The van der Waals surface area contributed by atoms with Crippen molar-refractivity contribution in [1.82, 2.24) is 4.90 Å². The summed E-state index contributed by atoms with van der Waals surface area (Å²) in [6, 6.07) is 3.15. The van der Waals surface area contributed by atoms with Crippen LogP contribution < -0.4 is 5.32 Å². The second-order valence-electron chi connectivity index (χ2n) is 5.46. The first-order valence-electron chi connectivity index (χ1n) is 6.98. The van der Waals surface area contributed by atoms with E-state index in [1.54, 1.807) is 0 Å². The molecule has 5 heteroatoms. The Morgan fingerprint density at radius 3 is 2.70 bits per heavy atom. The van der Waals surface area contributed by atoms with Crippen molar-refractivity contribution in [2.45, 2.75) is 25.7 Å². The number of carbonyl (C=O) groups excluding carboxylic acids is 1. The number of carbonyl (C=O) groups is 1. The van der Waals surface area contributed by atoms with Crippen LogP contribution in [0.2, 0.25) is 0 Å². The van der Waals surface area contributed by atoms with Crippen molar-refractivity contribution in [2.24, 2.45) is 5.92 Å². The van der Waals surface area contributed by atoms with Crippen molar-refractivity contribution >= 4 is 11.6 Å². The van der Waals surface area contributed by atoms with Crippen molar-refractivity contribution in [1.29, 1.82) is 0 Å². The molecule has 1 N–H and O–H groups in total. The Morgan fingerprint density at radius 1 is 1.35 bits per heavy atom. The summed E-state index contributed by atoms with van der Waals surface area (Å²) >= 11 is 0. The first-order chi connectivity index (χ1) is 9.54. The van der Waals surface area contributed by atoms with Crippen LogP contribution in [0.5, 0.6) is 0 Å². The lowest BCUT2D eigenvalue weighted by Gasteiger charge is -2.28. The van der Waals surface area contributed by atoms with E-state index >= 15 is 0 Å². The minimum absolute atomic E-state index is 0.0415. The van der Waals surface area contributed by atoms with Gasteiger partial charge in [0.25, 0.3) is 0 Å². The Balaban J connectivity index is 1.78. The van der Waals surface area contributed by atoms with Gasteiger partial charge in [0.2, 0.25) is 5.91 Å². The minimum atomic E-state index is -0.738. The standard InChI is InChI=1S/C15H20F2N2O/c1-19-8-6-11(7-9-19)2-5-15(20)18-14-4-3-12(16)10-13(14)17/h3-4,10-11H,2,5-9H2,1H3,(H,18,20). The molecule has 20 heavy (non-hydrogen) atoms. The summed E-state index contributed by atoms with van der Waals surface area (Å²) in [5, 5.41) is 2.49. The second-order valence-corrected chi connectivity index (χ2v) is 5.46. The third kappa shape index (κ3) is 4.27. The van der Waals surface area contributed by atoms with Gasteiger partial charge in [-0.3, -0.25) is 4.79 Å². The molecule has 1 aliphatic heterocycles. The highest BCUT2D eigenvalue weighted by molar-refractivity contribution is 5.90. The number of hydrogen-bond donors (Lipinski definition) is 1. The molecule has 0 saturated carbocycles. The number of anilines is 1. The summed E-state index contributed by atoms with van der Waals surface area (Å²) in [5.41, 5.74) is 0.0415. The molecule has 0 spiro atoms. The smallest absolute Gasteiger partial charge is 0.224 e. The Morgan fingerprint density at radius 2 is 2.05 bits per heavy atom. The van der Waals surface area contributed by atoms with Crippen LogP contribution in [-0.4, -0.2) is 30.9 Å². The van der Waals surface area contributed by atoms with Crippen molar-refractivity contribution in [2.75, 3.05) is 25.5 Å². The van der Waals surface area contributed by atoms with Gasteiger partial charge in [0, 0.05) is 12.5 Å². The first kappa shape index (κ1) is 14.9. The zero-order valence-electron chi connectivity index (χ0n) is 11.7. The molecule has 0 bridgehead atoms. The number of benzene rings is 1. The zero-order chi connectivity index (χ0) is 14.5. The predicted molar refractivity (Wildman–Crippen MR) is 74.4 cm³/mol. The van der Waals surface area contributed by atoms with Gasteiger partial charge < -0.3 is 10.2 Å². The van der Waals surface area contributed by atoms with Gasteiger partial charge in [-0.15, -0.1) is 0 Å². The lowest BCUT2D eigenvalue weighted by Crippen LogP contribution is -2.30. The lowest BCUT2D eigenvalue weighted by atomic mass is 9.92. The van der Waals surface area contributed by atoms with Crippen LogP contribution in [0.15, 0.2) is 18.2 Å². The van der Waals surface area contributed by atoms with Crippen LogP contribution in [0.3, 0.4) is 0 Å². The molecule has 0 aliphatic carbocycles. The fraction of sp³-hybridized carbons (Fsp3) is 0.533. The van der Waals surface area contributed by atoms with Crippen molar-refractivity contribution in [3.63, 3.8) is 0 Å². The molecular weight excluding hydrogens is 262 g/mol. The number of nitrogens with zero attached hydrogens (tertiary/aromatic N) is 1. The molecule has 2 rings (SSSR count). The fourth-order valence-electron chi connectivity index (χ4n) is 2.49. The van der Waals surface area contributed by atoms with E-state index in [-0.39, 0.29) is 11.6 Å². The highest BCUT2D eigenvalue weighted by Crippen LogP contribution is 2.21. The zero-order valence-corrected chi connectivity index (χ0v) is 11.7. The number of likely N-dealkylation sites (tertiary alicyclic amines) is 1. The van der Waals surface area contributed by atoms with E-state index in [1.807, 2.05) is 0 Å². The average Bonchev–Trinajstić information content (AvgIpc) is 2.41. The summed E-state index contributed by atoms with van der Waals surface area (Å²) in [6.07, 6.45) is 3.41. The predicted octanol–water partition coefficient (Wildman–Crippen LogP) is 3.03. The van der Waals surface area contributed by atoms with Crippen LogP contribution >= 0.6 is 0 Å². The highest BCUT2D eigenvalue weighted by atomic mass is 19.1. The fourth-order valence-corrected chi connectivity index (χ4v) is 2.49. The Hall–Kier alpha value is -1.49. The molecule has 1 heterocycles. The van der Waals surface area contributed by atoms with Gasteiger partial charge in [0.15, 0.2) is 0 Å². The van der Waals surface area contributed by atoms with E-state index in [4.69, 9.17) is 0 Å². The Kier molecular flexibility index (Phi) is 5.06. The minimum Gasteiger partial charge on any atom is -0.324 e. The van der Waals surface area contributed by atoms with E-state index in [2.05, 4.69) is 17.3 Å².